The average molecular weight is 360 g/mol. The number of hydrogen-bond acceptors (Lipinski definition) is 4. The van der Waals surface area contributed by atoms with Crippen LogP contribution in [0.4, 0.5) is 18.9 Å². The number of nitrogens with two attached hydrogens (primary N) is 1. The summed E-state index contributed by atoms with van der Waals surface area (Å²) in [6, 6.07) is 4.64. The molecule has 0 aliphatic heterocycles. The van der Waals surface area contributed by atoms with Gasteiger partial charge in [-0.25, -0.2) is 0 Å². The summed E-state index contributed by atoms with van der Waals surface area (Å²) in [7, 11) is 0. The van der Waals surface area contributed by atoms with E-state index in [9.17, 15) is 18.0 Å². The van der Waals surface area contributed by atoms with Gasteiger partial charge in [0.25, 0.3) is 5.78 Å². The Bertz CT molecular complexity index is 734. The predicted octanol–water partition coefficient (Wildman–Crippen LogP) is 4.17. The van der Waals surface area contributed by atoms with Gasteiger partial charge in [-0.1, -0.05) is 18.0 Å². The summed E-state index contributed by atoms with van der Waals surface area (Å²) in [5, 5.41) is 3.78. The summed E-state index contributed by atoms with van der Waals surface area (Å²) in [6.45, 7) is 0.994. The number of hydrogen-bond donors (Lipinski definition) is 2. The van der Waals surface area contributed by atoms with E-state index in [4.69, 9.17) is 17.3 Å². The molecule has 0 unspecified atom stereocenters. The molecular weight excluding hydrogens is 343 g/mol. The number of carbonyl (C=O) groups is 1. The lowest BCUT2D eigenvalue weighted by atomic mass is 10.1. The van der Waals surface area contributed by atoms with Crippen molar-refractivity contribution in [2.24, 2.45) is 5.73 Å². The number of alkyl halides is 3. The second kappa shape index (κ2) is 7.81. The Morgan fingerprint density at radius 2 is 2.00 bits per heavy atom. The Hall–Kier alpha value is -1.86. The first-order valence-corrected chi connectivity index (χ1v) is 7.86. The number of pyridine rings is 1. The third-order valence-corrected chi connectivity index (χ3v) is 3.75. The van der Waals surface area contributed by atoms with Crippen LogP contribution in [0.3, 0.4) is 0 Å². The number of Topliss-reactive ketones (excluding diaryl/α,β-unsaturated/α-hetero) is 1. The zero-order valence-corrected chi connectivity index (χ0v) is 13.5. The molecule has 8 heteroatoms. The van der Waals surface area contributed by atoms with Gasteiger partial charge in [0.05, 0.1) is 16.8 Å². The molecule has 0 saturated carbocycles. The SMILES string of the molecule is NCCCCCNc1c(C(=O)C(F)(F)F)cnc2cc(Cl)ccc12. The Morgan fingerprint density at radius 1 is 1.25 bits per heavy atom. The summed E-state index contributed by atoms with van der Waals surface area (Å²) in [5.74, 6) is -1.92. The van der Waals surface area contributed by atoms with Crippen molar-refractivity contribution in [3.8, 4) is 0 Å². The smallest absolute Gasteiger partial charge is 0.384 e. The predicted molar refractivity (Wildman–Crippen MR) is 88.5 cm³/mol. The van der Waals surface area contributed by atoms with Crippen LogP contribution in [0.15, 0.2) is 24.4 Å². The van der Waals surface area contributed by atoms with Crippen LogP contribution in [0.25, 0.3) is 10.9 Å². The van der Waals surface area contributed by atoms with Crippen LogP contribution in [0.5, 0.6) is 0 Å². The van der Waals surface area contributed by atoms with Crippen LogP contribution in [-0.2, 0) is 0 Å². The highest BCUT2D eigenvalue weighted by atomic mass is 35.5. The lowest BCUT2D eigenvalue weighted by molar-refractivity contribution is -0.0884. The summed E-state index contributed by atoms with van der Waals surface area (Å²) in [4.78, 5) is 15.6. The van der Waals surface area contributed by atoms with Gasteiger partial charge in [0, 0.05) is 23.2 Å². The highest BCUT2D eigenvalue weighted by molar-refractivity contribution is 6.31. The molecule has 130 valence electrons. The third kappa shape index (κ3) is 4.36. The first kappa shape index (κ1) is 18.5. The van der Waals surface area contributed by atoms with E-state index in [1.165, 1.54) is 0 Å². The largest absolute Gasteiger partial charge is 0.455 e. The fourth-order valence-electron chi connectivity index (χ4n) is 2.34. The van der Waals surface area contributed by atoms with E-state index in [0.717, 1.165) is 25.5 Å². The topological polar surface area (TPSA) is 68.0 Å². The summed E-state index contributed by atoms with van der Waals surface area (Å²) in [5.41, 5.74) is 5.47. The number of fused-ring (bicyclic) bond motifs is 1. The highest BCUT2D eigenvalue weighted by Crippen LogP contribution is 2.32. The van der Waals surface area contributed by atoms with Gasteiger partial charge in [0.1, 0.15) is 0 Å². The van der Waals surface area contributed by atoms with Crippen molar-refractivity contribution in [3.05, 3.63) is 35.0 Å². The molecule has 1 heterocycles. The quantitative estimate of drug-likeness (QED) is 0.575. The number of rotatable bonds is 7. The minimum atomic E-state index is -4.96. The fraction of sp³-hybridized carbons (Fsp3) is 0.375. The van der Waals surface area contributed by atoms with E-state index in [0.29, 0.717) is 29.0 Å². The Kier molecular flexibility index (Phi) is 6.01. The molecule has 1 aromatic carbocycles. The molecule has 0 bridgehead atoms. The molecule has 0 spiro atoms. The maximum Gasteiger partial charge on any atom is 0.455 e. The molecular formula is C16H17ClF3N3O. The standard InChI is InChI=1S/C16H17ClF3N3O/c17-10-4-5-11-13(8-10)23-9-12(15(24)16(18,19)20)14(11)22-7-3-1-2-6-21/h4-5,8-9H,1-3,6-7,21H2,(H,22,23). The molecule has 0 radical (unpaired) electrons. The van der Waals surface area contributed by atoms with Crippen molar-refractivity contribution < 1.29 is 18.0 Å². The van der Waals surface area contributed by atoms with Gasteiger partial charge in [-0.3, -0.25) is 9.78 Å². The average Bonchev–Trinajstić information content (AvgIpc) is 2.52. The van der Waals surface area contributed by atoms with Crippen LogP contribution in [0.1, 0.15) is 29.6 Å². The number of anilines is 1. The molecule has 4 nitrogen and oxygen atoms in total. The first-order chi connectivity index (χ1) is 11.3. The van der Waals surface area contributed by atoms with Crippen molar-refractivity contribution in [2.75, 3.05) is 18.4 Å². The second-order valence-electron chi connectivity index (χ2n) is 5.31. The molecule has 2 aromatic rings. The van der Waals surface area contributed by atoms with Gasteiger partial charge in [-0.2, -0.15) is 13.2 Å². The maximum absolute atomic E-state index is 12.8. The van der Waals surface area contributed by atoms with E-state index in [1.54, 1.807) is 18.2 Å². The van der Waals surface area contributed by atoms with Gasteiger partial charge in [-0.15, -0.1) is 0 Å². The zero-order chi connectivity index (χ0) is 17.7. The van der Waals surface area contributed by atoms with Crippen LogP contribution in [-0.4, -0.2) is 30.0 Å². The number of ketones is 1. The van der Waals surface area contributed by atoms with Gasteiger partial charge in [0.15, 0.2) is 0 Å². The Labute approximate surface area is 142 Å². The number of benzene rings is 1. The van der Waals surface area contributed by atoms with Crippen molar-refractivity contribution in [2.45, 2.75) is 25.4 Å². The molecule has 0 aliphatic rings. The third-order valence-electron chi connectivity index (χ3n) is 3.52. The van der Waals surface area contributed by atoms with Crippen molar-refractivity contribution in [1.82, 2.24) is 4.98 Å². The molecule has 24 heavy (non-hydrogen) atoms. The van der Waals surface area contributed by atoms with E-state index in [1.807, 2.05) is 0 Å². The Balaban J connectivity index is 2.39. The second-order valence-corrected chi connectivity index (χ2v) is 5.75. The van der Waals surface area contributed by atoms with Gasteiger partial charge >= 0.3 is 6.18 Å². The number of nitrogens with zero attached hydrogens (tertiary/aromatic N) is 1. The van der Waals surface area contributed by atoms with Gasteiger partial charge in [0.2, 0.25) is 0 Å². The first-order valence-electron chi connectivity index (χ1n) is 7.48. The van der Waals surface area contributed by atoms with E-state index in [-0.39, 0.29) is 5.69 Å². The highest BCUT2D eigenvalue weighted by Gasteiger charge is 2.41. The number of unbranched alkanes of at least 4 members (excludes halogenated alkanes) is 2. The van der Waals surface area contributed by atoms with Crippen molar-refractivity contribution in [1.29, 1.82) is 0 Å². The molecule has 1 aromatic heterocycles. The zero-order valence-electron chi connectivity index (χ0n) is 12.8. The molecule has 3 N–H and O–H groups in total. The van der Waals surface area contributed by atoms with Gasteiger partial charge < -0.3 is 11.1 Å². The maximum atomic E-state index is 12.8. The number of nitrogens with one attached hydrogen (secondary N) is 1. The van der Waals surface area contributed by atoms with Gasteiger partial charge in [-0.05, 0) is 37.6 Å². The molecule has 0 saturated heterocycles. The normalized spacial score (nSPS) is 11.7. The van der Waals surface area contributed by atoms with E-state index < -0.39 is 17.5 Å². The van der Waals surface area contributed by atoms with Crippen LogP contribution in [0.2, 0.25) is 5.02 Å². The van der Waals surface area contributed by atoms with Crippen LogP contribution in [0, 0.1) is 0 Å². The fourth-order valence-corrected chi connectivity index (χ4v) is 2.51. The lowest BCUT2D eigenvalue weighted by Gasteiger charge is -2.15. The number of halogens is 4. The molecule has 0 fully saturated rings. The number of aromatic nitrogens is 1. The lowest BCUT2D eigenvalue weighted by Crippen LogP contribution is -2.24. The van der Waals surface area contributed by atoms with Crippen LogP contribution >= 0.6 is 11.6 Å². The number of carbonyl (C=O) groups excluding carboxylic acids is 1. The van der Waals surface area contributed by atoms with E-state index >= 15 is 0 Å². The monoisotopic (exact) mass is 359 g/mol. The van der Waals surface area contributed by atoms with Crippen LogP contribution < -0.4 is 11.1 Å². The van der Waals surface area contributed by atoms with E-state index in [2.05, 4.69) is 10.3 Å². The van der Waals surface area contributed by atoms with Crippen molar-refractivity contribution >= 4 is 34.0 Å². The van der Waals surface area contributed by atoms with Crippen molar-refractivity contribution in [3.63, 3.8) is 0 Å². The minimum absolute atomic E-state index is 0.131. The minimum Gasteiger partial charge on any atom is -0.384 e. The molecule has 2 rings (SSSR count). The Morgan fingerprint density at radius 3 is 2.67 bits per heavy atom. The molecule has 0 atom stereocenters. The molecule has 0 amide bonds. The summed E-state index contributed by atoms with van der Waals surface area (Å²) >= 11 is 5.89. The molecule has 0 aliphatic carbocycles. The summed E-state index contributed by atoms with van der Waals surface area (Å²) in [6.07, 6.45) is -1.60. The summed E-state index contributed by atoms with van der Waals surface area (Å²) < 4.78 is 38.5.